The molecule has 2 saturated heterocycles. The Balaban J connectivity index is 1.83. The average molecular weight is 461 g/mol. The number of anilines is 2. The fraction of sp³-hybridized carbons (Fsp3) is 0.286. The van der Waals surface area contributed by atoms with Gasteiger partial charge in [0.25, 0.3) is 0 Å². The first-order chi connectivity index (χ1) is 15.7. The molecule has 3 aromatic rings. The standard InChI is InChI=1S/C21H18F3N5O4/c22-8-1-2-12(10(23)5-8)28-6-9(21(31)32)17(30)14-16(26)15(24)20(27-19(14)28)29-7-11(25)18-13(29)3-4-33-18/h1-2,5-6,11,13,18H,3-4,7,25H2,(H2,26,27)(H,31,32). The molecule has 0 bridgehead atoms. The Kier molecular flexibility index (Phi) is 4.79. The number of benzene rings is 1. The van der Waals surface area contributed by atoms with E-state index in [9.17, 15) is 23.5 Å². The van der Waals surface area contributed by atoms with Gasteiger partial charge in [0.2, 0.25) is 5.43 Å². The molecular weight excluding hydrogens is 443 g/mol. The molecule has 1 aromatic carbocycles. The first kappa shape index (κ1) is 21.2. The number of nitrogens with two attached hydrogens (primary N) is 2. The first-order valence-corrected chi connectivity index (χ1v) is 10.1. The molecule has 9 nitrogen and oxygen atoms in total. The number of carbonyl (C=O) groups is 1. The van der Waals surface area contributed by atoms with Crippen molar-refractivity contribution in [2.45, 2.75) is 24.6 Å². The maximum absolute atomic E-state index is 15.4. The molecule has 0 saturated carbocycles. The van der Waals surface area contributed by atoms with Crippen LogP contribution in [-0.2, 0) is 4.74 Å². The predicted molar refractivity (Wildman–Crippen MR) is 112 cm³/mol. The van der Waals surface area contributed by atoms with Gasteiger partial charge >= 0.3 is 5.97 Å². The van der Waals surface area contributed by atoms with Gasteiger partial charge in [-0.15, -0.1) is 0 Å². The molecule has 33 heavy (non-hydrogen) atoms. The zero-order valence-electron chi connectivity index (χ0n) is 17.0. The van der Waals surface area contributed by atoms with Crippen LogP contribution in [0.25, 0.3) is 16.7 Å². The summed E-state index contributed by atoms with van der Waals surface area (Å²) in [6.07, 6.45) is 1.08. The lowest BCUT2D eigenvalue weighted by molar-refractivity contribution is 0.0695. The number of halogens is 3. The van der Waals surface area contributed by atoms with E-state index in [4.69, 9.17) is 16.2 Å². The molecular formula is C21H18F3N5O4. The Morgan fingerprint density at radius 2 is 2.03 bits per heavy atom. The third kappa shape index (κ3) is 3.13. The summed E-state index contributed by atoms with van der Waals surface area (Å²) in [5.41, 5.74) is 9.04. The highest BCUT2D eigenvalue weighted by atomic mass is 19.1. The summed E-state index contributed by atoms with van der Waals surface area (Å²) in [7, 11) is 0. The molecule has 2 aromatic heterocycles. The Labute approximate surface area is 184 Å². The number of aromatic nitrogens is 2. The van der Waals surface area contributed by atoms with Gasteiger partial charge in [-0.3, -0.25) is 9.36 Å². The lowest BCUT2D eigenvalue weighted by atomic mass is 10.1. The number of pyridine rings is 2. The third-order valence-corrected chi connectivity index (χ3v) is 6.10. The van der Waals surface area contributed by atoms with Crippen LogP contribution in [0.15, 0.2) is 29.2 Å². The number of nitrogen functional groups attached to an aromatic ring is 1. The Hall–Kier alpha value is -3.64. The molecule has 0 amide bonds. The van der Waals surface area contributed by atoms with Gasteiger partial charge in [0.1, 0.15) is 17.2 Å². The third-order valence-electron chi connectivity index (χ3n) is 6.10. The molecule has 2 aliphatic heterocycles. The van der Waals surface area contributed by atoms with Crippen LogP contribution < -0.4 is 21.8 Å². The van der Waals surface area contributed by atoms with Gasteiger partial charge in [0.15, 0.2) is 17.3 Å². The molecule has 4 heterocycles. The quantitative estimate of drug-likeness (QED) is 0.532. The van der Waals surface area contributed by atoms with E-state index in [-0.39, 0.29) is 35.8 Å². The molecule has 5 N–H and O–H groups in total. The highest BCUT2D eigenvalue weighted by Crippen LogP contribution is 2.36. The summed E-state index contributed by atoms with van der Waals surface area (Å²) < 4.78 is 50.1. The fourth-order valence-electron chi connectivity index (χ4n) is 4.59. The molecule has 12 heteroatoms. The number of hydrogen-bond acceptors (Lipinski definition) is 7. The van der Waals surface area contributed by atoms with Crippen molar-refractivity contribution in [3.8, 4) is 5.69 Å². The summed E-state index contributed by atoms with van der Waals surface area (Å²) in [4.78, 5) is 30.4. The van der Waals surface area contributed by atoms with Gasteiger partial charge < -0.3 is 26.2 Å². The molecule has 2 aliphatic rings. The van der Waals surface area contributed by atoms with E-state index in [0.717, 1.165) is 22.9 Å². The van der Waals surface area contributed by atoms with Crippen LogP contribution in [-0.4, -0.2) is 52.0 Å². The molecule has 172 valence electrons. The van der Waals surface area contributed by atoms with Crippen LogP contribution in [0.1, 0.15) is 16.8 Å². The Bertz CT molecular complexity index is 1380. The van der Waals surface area contributed by atoms with E-state index in [1.807, 2.05) is 0 Å². The molecule has 0 aliphatic carbocycles. The first-order valence-electron chi connectivity index (χ1n) is 10.1. The molecule has 5 rings (SSSR count). The highest BCUT2D eigenvalue weighted by molar-refractivity contribution is 5.97. The van der Waals surface area contributed by atoms with Crippen LogP contribution in [0.5, 0.6) is 0 Å². The van der Waals surface area contributed by atoms with Gasteiger partial charge in [-0.25, -0.2) is 22.9 Å². The topological polar surface area (TPSA) is 137 Å². The van der Waals surface area contributed by atoms with Crippen molar-refractivity contribution in [2.24, 2.45) is 5.73 Å². The maximum Gasteiger partial charge on any atom is 0.341 e. The minimum absolute atomic E-state index is 0.201. The highest BCUT2D eigenvalue weighted by Gasteiger charge is 2.46. The van der Waals surface area contributed by atoms with Crippen LogP contribution >= 0.6 is 0 Å². The fourth-order valence-corrected chi connectivity index (χ4v) is 4.59. The van der Waals surface area contributed by atoms with Crippen molar-refractivity contribution < 1.29 is 27.8 Å². The van der Waals surface area contributed by atoms with Crippen molar-refractivity contribution in [1.29, 1.82) is 0 Å². The minimum atomic E-state index is -1.63. The minimum Gasteiger partial charge on any atom is -0.477 e. The molecule has 3 unspecified atom stereocenters. The van der Waals surface area contributed by atoms with E-state index in [2.05, 4.69) is 4.98 Å². The van der Waals surface area contributed by atoms with E-state index >= 15 is 4.39 Å². The van der Waals surface area contributed by atoms with Crippen molar-refractivity contribution in [3.63, 3.8) is 0 Å². The van der Waals surface area contributed by atoms with Crippen LogP contribution in [0.4, 0.5) is 24.7 Å². The lowest BCUT2D eigenvalue weighted by Crippen LogP contribution is -2.35. The van der Waals surface area contributed by atoms with Gasteiger partial charge in [-0.05, 0) is 18.6 Å². The second-order valence-electron chi connectivity index (χ2n) is 8.01. The van der Waals surface area contributed by atoms with Gasteiger partial charge in [-0.1, -0.05) is 0 Å². The number of carboxylic acid groups (broad SMARTS) is 1. The van der Waals surface area contributed by atoms with Crippen LogP contribution in [0.2, 0.25) is 0 Å². The average Bonchev–Trinajstić information content (AvgIpc) is 3.35. The monoisotopic (exact) mass is 461 g/mol. The second-order valence-corrected chi connectivity index (χ2v) is 8.01. The second kappa shape index (κ2) is 7.46. The summed E-state index contributed by atoms with van der Waals surface area (Å²) in [5.74, 6) is -4.77. The maximum atomic E-state index is 15.4. The normalized spacial score (nSPS) is 22.2. The van der Waals surface area contributed by atoms with Gasteiger partial charge in [0, 0.05) is 25.4 Å². The summed E-state index contributed by atoms with van der Waals surface area (Å²) in [5, 5.41) is 8.95. The van der Waals surface area contributed by atoms with Gasteiger partial charge in [0.05, 0.1) is 34.9 Å². The van der Waals surface area contributed by atoms with E-state index in [1.165, 1.54) is 0 Å². The number of nitrogens with zero attached hydrogens (tertiary/aromatic N) is 3. The number of ether oxygens (including phenoxy) is 1. The summed E-state index contributed by atoms with van der Waals surface area (Å²) in [6.45, 7) is 0.629. The van der Waals surface area contributed by atoms with E-state index in [1.54, 1.807) is 4.90 Å². The van der Waals surface area contributed by atoms with Crippen molar-refractivity contribution in [3.05, 3.63) is 57.6 Å². The number of hydrogen-bond donors (Lipinski definition) is 3. The SMILES string of the molecule is Nc1c(F)c(N2CC(N)C3OCCC32)nc2c1c(=O)c(C(=O)O)cn2-c1ccc(F)cc1F. The number of fused-ring (bicyclic) bond motifs is 2. The largest absolute Gasteiger partial charge is 0.477 e. The van der Waals surface area contributed by atoms with Crippen molar-refractivity contribution >= 4 is 28.5 Å². The predicted octanol–water partition coefficient (Wildman–Crippen LogP) is 1.39. The zero-order valence-corrected chi connectivity index (χ0v) is 17.0. The van der Waals surface area contributed by atoms with Crippen molar-refractivity contribution in [2.75, 3.05) is 23.8 Å². The van der Waals surface area contributed by atoms with Crippen molar-refractivity contribution in [1.82, 2.24) is 9.55 Å². The molecule has 2 fully saturated rings. The Morgan fingerprint density at radius 3 is 2.73 bits per heavy atom. The molecule has 3 atom stereocenters. The smallest absolute Gasteiger partial charge is 0.341 e. The van der Waals surface area contributed by atoms with Crippen LogP contribution in [0, 0.1) is 17.5 Å². The van der Waals surface area contributed by atoms with Gasteiger partial charge in [-0.2, -0.15) is 0 Å². The van der Waals surface area contributed by atoms with E-state index < -0.39 is 51.5 Å². The zero-order chi connectivity index (χ0) is 23.6. The molecule has 0 spiro atoms. The Morgan fingerprint density at radius 1 is 1.27 bits per heavy atom. The summed E-state index contributed by atoms with van der Waals surface area (Å²) in [6, 6.07) is 1.90. The van der Waals surface area contributed by atoms with Crippen LogP contribution in [0.3, 0.4) is 0 Å². The number of carboxylic acids is 1. The number of rotatable bonds is 3. The van der Waals surface area contributed by atoms with E-state index in [0.29, 0.717) is 19.1 Å². The lowest BCUT2D eigenvalue weighted by Gasteiger charge is -2.25. The summed E-state index contributed by atoms with van der Waals surface area (Å²) >= 11 is 0. The molecule has 0 radical (unpaired) electrons. The number of aromatic carboxylic acids is 1.